The zero-order chi connectivity index (χ0) is 13.2. The van der Waals surface area contributed by atoms with Crippen LogP contribution < -0.4 is 5.32 Å². The first-order chi connectivity index (χ1) is 9.22. The van der Waals surface area contributed by atoms with E-state index in [2.05, 4.69) is 40.4 Å². The van der Waals surface area contributed by atoms with Gasteiger partial charge in [0.05, 0.1) is 21.3 Å². The van der Waals surface area contributed by atoms with E-state index in [-0.39, 0.29) is 6.04 Å². The Labute approximate surface area is 120 Å². The first-order valence-corrected chi connectivity index (χ1v) is 7.86. The van der Waals surface area contributed by atoms with Crippen molar-refractivity contribution in [3.8, 4) is 0 Å². The Morgan fingerprint density at radius 1 is 1.26 bits per heavy atom. The van der Waals surface area contributed by atoms with Crippen molar-refractivity contribution in [3.63, 3.8) is 0 Å². The predicted octanol–water partition coefficient (Wildman–Crippen LogP) is 3.91. The third kappa shape index (κ3) is 2.83. The van der Waals surface area contributed by atoms with Crippen molar-refractivity contribution in [1.82, 2.24) is 15.3 Å². The average molecular weight is 289 g/mol. The van der Waals surface area contributed by atoms with Gasteiger partial charge >= 0.3 is 0 Å². The number of rotatable bonds is 4. The summed E-state index contributed by atoms with van der Waals surface area (Å²) in [5.41, 5.74) is 1.09. The fourth-order valence-electron chi connectivity index (χ4n) is 1.90. The third-order valence-electron chi connectivity index (χ3n) is 2.93. The zero-order valence-electron chi connectivity index (χ0n) is 10.9. The second-order valence-corrected chi connectivity index (χ2v) is 6.85. The van der Waals surface area contributed by atoms with Crippen LogP contribution in [0.5, 0.6) is 0 Å². The van der Waals surface area contributed by atoms with Crippen molar-refractivity contribution in [2.75, 3.05) is 0 Å². The van der Waals surface area contributed by atoms with Gasteiger partial charge in [-0.25, -0.2) is 9.97 Å². The highest BCUT2D eigenvalue weighted by atomic mass is 32.1. The lowest BCUT2D eigenvalue weighted by Crippen LogP contribution is -2.17. The van der Waals surface area contributed by atoms with Crippen molar-refractivity contribution >= 4 is 32.9 Å². The Hall–Kier alpha value is -1.30. The number of benzene rings is 1. The lowest BCUT2D eigenvalue weighted by molar-refractivity contribution is 0.576. The number of fused-ring (bicyclic) bond motifs is 1. The van der Waals surface area contributed by atoms with Crippen LogP contribution in [0.3, 0.4) is 0 Å². The van der Waals surface area contributed by atoms with Crippen molar-refractivity contribution < 1.29 is 0 Å². The van der Waals surface area contributed by atoms with Gasteiger partial charge in [0.25, 0.3) is 0 Å². The van der Waals surface area contributed by atoms with Crippen molar-refractivity contribution in [2.45, 2.75) is 26.4 Å². The van der Waals surface area contributed by atoms with E-state index in [9.17, 15) is 0 Å². The van der Waals surface area contributed by atoms with E-state index in [0.29, 0.717) is 0 Å². The topological polar surface area (TPSA) is 37.8 Å². The number of hydrogen-bond acceptors (Lipinski definition) is 5. The van der Waals surface area contributed by atoms with Crippen LogP contribution in [-0.4, -0.2) is 9.97 Å². The van der Waals surface area contributed by atoms with E-state index in [1.165, 1.54) is 9.58 Å². The lowest BCUT2D eigenvalue weighted by atomic mass is 10.3. The summed E-state index contributed by atoms with van der Waals surface area (Å²) in [6.45, 7) is 5.04. The van der Waals surface area contributed by atoms with Crippen LogP contribution in [0.1, 0.15) is 27.9 Å². The van der Waals surface area contributed by atoms with E-state index >= 15 is 0 Å². The van der Waals surface area contributed by atoms with Gasteiger partial charge in [-0.05, 0) is 26.0 Å². The maximum absolute atomic E-state index is 4.67. The largest absolute Gasteiger partial charge is 0.303 e. The van der Waals surface area contributed by atoms with Gasteiger partial charge in [0.1, 0.15) is 5.01 Å². The number of para-hydroxylation sites is 1. The molecule has 0 aliphatic carbocycles. The minimum absolute atomic E-state index is 0.264. The van der Waals surface area contributed by atoms with E-state index in [4.69, 9.17) is 0 Å². The molecular weight excluding hydrogens is 274 g/mol. The van der Waals surface area contributed by atoms with Gasteiger partial charge in [0.2, 0.25) is 0 Å². The molecule has 1 atom stereocenters. The summed E-state index contributed by atoms with van der Waals surface area (Å²) in [7, 11) is 0. The molecule has 0 amide bonds. The molecule has 19 heavy (non-hydrogen) atoms. The molecule has 2 heterocycles. The normalized spacial score (nSPS) is 12.9. The van der Waals surface area contributed by atoms with Gasteiger partial charge in [0, 0.05) is 17.6 Å². The Kier molecular flexibility index (Phi) is 3.59. The summed E-state index contributed by atoms with van der Waals surface area (Å²) in [6, 6.07) is 8.54. The van der Waals surface area contributed by atoms with E-state index in [1.807, 2.05) is 19.2 Å². The third-order valence-corrected chi connectivity index (χ3v) is 5.06. The number of nitrogens with one attached hydrogen (secondary N) is 1. The molecule has 5 heteroatoms. The quantitative estimate of drug-likeness (QED) is 0.791. The van der Waals surface area contributed by atoms with E-state index in [0.717, 1.165) is 22.1 Å². The molecule has 0 saturated heterocycles. The monoisotopic (exact) mass is 289 g/mol. The van der Waals surface area contributed by atoms with Crippen LogP contribution in [0.15, 0.2) is 30.5 Å². The van der Waals surface area contributed by atoms with E-state index < -0.39 is 0 Å². The summed E-state index contributed by atoms with van der Waals surface area (Å²) >= 11 is 3.50. The predicted molar refractivity (Wildman–Crippen MR) is 81.7 cm³/mol. The molecule has 0 aliphatic rings. The molecule has 1 N–H and O–H groups in total. The first-order valence-electron chi connectivity index (χ1n) is 6.22. The summed E-state index contributed by atoms with van der Waals surface area (Å²) in [5, 5.41) is 5.76. The van der Waals surface area contributed by atoms with Crippen LogP contribution in [0, 0.1) is 6.92 Å². The molecule has 0 bridgehead atoms. The SMILES string of the molecule is Cc1ncc(CNC(C)c2nc3ccccc3s2)s1. The van der Waals surface area contributed by atoms with Crippen molar-refractivity contribution in [2.24, 2.45) is 0 Å². The van der Waals surface area contributed by atoms with Gasteiger partial charge in [0.15, 0.2) is 0 Å². The summed E-state index contributed by atoms with van der Waals surface area (Å²) < 4.78 is 1.25. The molecule has 2 aromatic heterocycles. The smallest absolute Gasteiger partial charge is 0.111 e. The standard InChI is InChI=1S/C14H15N3S2/c1-9(15-7-11-8-16-10(2)18-11)14-17-12-5-3-4-6-13(12)19-14/h3-6,8-9,15H,7H2,1-2H3. The van der Waals surface area contributed by atoms with Crippen LogP contribution in [0.25, 0.3) is 10.2 Å². The van der Waals surface area contributed by atoms with Gasteiger partial charge < -0.3 is 5.32 Å². The fraction of sp³-hybridized carbons (Fsp3) is 0.286. The van der Waals surface area contributed by atoms with Crippen molar-refractivity contribution in [1.29, 1.82) is 0 Å². The molecule has 3 aromatic rings. The number of aromatic nitrogens is 2. The maximum atomic E-state index is 4.67. The molecule has 0 aliphatic heterocycles. The molecule has 1 aromatic carbocycles. The number of nitrogens with zero attached hydrogens (tertiary/aromatic N) is 2. The molecule has 0 spiro atoms. The summed E-state index contributed by atoms with van der Waals surface area (Å²) in [5.74, 6) is 0. The zero-order valence-corrected chi connectivity index (χ0v) is 12.5. The molecule has 3 rings (SSSR count). The second kappa shape index (κ2) is 5.36. The minimum Gasteiger partial charge on any atom is -0.303 e. The fourth-order valence-corrected chi connectivity index (χ4v) is 3.64. The number of aryl methyl sites for hydroxylation is 1. The molecule has 0 saturated carbocycles. The first kappa shape index (κ1) is 12.7. The molecule has 0 radical (unpaired) electrons. The molecular formula is C14H15N3S2. The number of thiazole rings is 2. The lowest BCUT2D eigenvalue weighted by Gasteiger charge is -2.09. The molecule has 98 valence electrons. The second-order valence-electron chi connectivity index (χ2n) is 4.47. The van der Waals surface area contributed by atoms with Crippen molar-refractivity contribution in [3.05, 3.63) is 45.4 Å². The summed E-state index contributed by atoms with van der Waals surface area (Å²) in [4.78, 5) is 10.2. The van der Waals surface area contributed by atoms with Crippen LogP contribution in [0.2, 0.25) is 0 Å². The molecule has 1 unspecified atom stereocenters. The van der Waals surface area contributed by atoms with Gasteiger partial charge in [-0.2, -0.15) is 0 Å². The number of hydrogen-bond donors (Lipinski definition) is 1. The highest BCUT2D eigenvalue weighted by molar-refractivity contribution is 7.18. The molecule has 0 fully saturated rings. The van der Waals surface area contributed by atoms with Crippen LogP contribution in [-0.2, 0) is 6.54 Å². The maximum Gasteiger partial charge on any atom is 0.111 e. The summed E-state index contributed by atoms with van der Waals surface area (Å²) in [6.07, 6.45) is 1.94. The Bertz CT molecular complexity index is 654. The van der Waals surface area contributed by atoms with E-state index in [1.54, 1.807) is 22.7 Å². The highest BCUT2D eigenvalue weighted by Gasteiger charge is 2.11. The Morgan fingerprint density at radius 2 is 2.11 bits per heavy atom. The minimum atomic E-state index is 0.264. The highest BCUT2D eigenvalue weighted by Crippen LogP contribution is 2.26. The van der Waals surface area contributed by atoms with Crippen LogP contribution in [0.4, 0.5) is 0 Å². The molecule has 3 nitrogen and oxygen atoms in total. The average Bonchev–Trinajstić information content (AvgIpc) is 3.01. The van der Waals surface area contributed by atoms with Gasteiger partial charge in [-0.15, -0.1) is 22.7 Å². The Balaban J connectivity index is 1.71. The van der Waals surface area contributed by atoms with Gasteiger partial charge in [-0.1, -0.05) is 12.1 Å². The van der Waals surface area contributed by atoms with Crippen LogP contribution >= 0.6 is 22.7 Å². The van der Waals surface area contributed by atoms with Gasteiger partial charge in [-0.3, -0.25) is 0 Å². The Morgan fingerprint density at radius 3 is 2.84 bits per heavy atom.